The topological polar surface area (TPSA) is 35.5 Å². The Morgan fingerprint density at radius 1 is 0.800 bits per heavy atom. The van der Waals surface area contributed by atoms with Gasteiger partial charge in [-0.05, 0) is 16.6 Å². The van der Waals surface area contributed by atoms with E-state index in [-0.39, 0.29) is 24.9 Å². The Labute approximate surface area is 131 Å². The minimum atomic E-state index is -3.06. The van der Waals surface area contributed by atoms with E-state index in [0.717, 1.165) is 0 Å². The molecule has 0 N–H and O–H groups in total. The number of hydrogen-bond donors (Lipinski definition) is 0. The molecule has 0 saturated carbocycles. The summed E-state index contributed by atoms with van der Waals surface area (Å²) < 4.78 is 23.9. The van der Waals surface area contributed by atoms with Crippen LogP contribution in [-0.2, 0) is 14.0 Å². The van der Waals surface area contributed by atoms with E-state index in [0.29, 0.717) is 10.6 Å². The van der Waals surface area contributed by atoms with Crippen molar-refractivity contribution < 1.29 is 32.9 Å². The molecule has 0 atom stereocenters. The zero-order valence-electron chi connectivity index (χ0n) is 11.9. The van der Waals surface area contributed by atoms with Crippen molar-refractivity contribution in [1.82, 2.24) is 0 Å². The minimum absolute atomic E-state index is 0. The standard InChI is InChI=1S/C15H16O3P.Li/c1-17-15(18-2)19(16,13-9-5-3-6-10-13)14-11-7-4-8-12-14;/h3-12H,1-2H3;/q-1;+1. The van der Waals surface area contributed by atoms with E-state index in [9.17, 15) is 4.57 Å². The fraction of sp³-hybridized carbons (Fsp3) is 0.133. The number of methoxy groups -OCH3 is 2. The van der Waals surface area contributed by atoms with Crippen LogP contribution in [0.2, 0.25) is 0 Å². The Bertz CT molecular complexity index is 512. The number of hydrogen-bond acceptors (Lipinski definition) is 3. The first kappa shape index (κ1) is 17.2. The van der Waals surface area contributed by atoms with Crippen LogP contribution in [0.25, 0.3) is 0 Å². The van der Waals surface area contributed by atoms with Gasteiger partial charge in [-0.2, -0.15) is 0 Å². The predicted octanol–water partition coefficient (Wildman–Crippen LogP) is -0.256. The van der Waals surface area contributed by atoms with Gasteiger partial charge in [0.05, 0.1) is 7.14 Å². The summed E-state index contributed by atoms with van der Waals surface area (Å²) in [7, 11) is -0.123. The maximum atomic E-state index is 13.5. The van der Waals surface area contributed by atoms with Crippen molar-refractivity contribution in [2.45, 2.75) is 0 Å². The van der Waals surface area contributed by atoms with Crippen LogP contribution in [0.5, 0.6) is 0 Å². The van der Waals surface area contributed by atoms with Crippen molar-refractivity contribution >= 4 is 17.8 Å². The maximum Gasteiger partial charge on any atom is 1.00 e. The van der Waals surface area contributed by atoms with Crippen molar-refractivity contribution in [1.29, 1.82) is 0 Å². The zero-order chi connectivity index (χ0) is 13.7. The summed E-state index contributed by atoms with van der Waals surface area (Å²) >= 11 is 0. The Balaban J connectivity index is 0.00000200. The van der Waals surface area contributed by atoms with E-state index in [4.69, 9.17) is 9.47 Å². The molecule has 0 bridgehead atoms. The Morgan fingerprint density at radius 3 is 1.45 bits per heavy atom. The number of ether oxygens (including phenoxy) is 2. The molecule has 3 nitrogen and oxygen atoms in total. The SMILES string of the molecule is CO[C-](OC)P(=O)(c1ccccc1)c1ccccc1.[Li+]. The normalized spacial score (nSPS) is 11.2. The van der Waals surface area contributed by atoms with Gasteiger partial charge in [0, 0.05) is 14.2 Å². The Morgan fingerprint density at radius 2 is 1.15 bits per heavy atom. The Hall–Kier alpha value is -0.813. The van der Waals surface area contributed by atoms with Crippen molar-refractivity contribution in [3.8, 4) is 0 Å². The van der Waals surface area contributed by atoms with Gasteiger partial charge in [0.25, 0.3) is 0 Å². The first-order chi connectivity index (χ1) is 9.23. The molecule has 0 aliphatic heterocycles. The van der Waals surface area contributed by atoms with Crippen molar-refractivity contribution in [3.05, 3.63) is 66.7 Å². The van der Waals surface area contributed by atoms with Crippen LogP contribution in [-0.4, -0.2) is 14.2 Å². The van der Waals surface area contributed by atoms with Crippen LogP contribution >= 0.6 is 7.14 Å². The van der Waals surface area contributed by atoms with E-state index in [1.165, 1.54) is 14.2 Å². The molecule has 0 spiro atoms. The number of rotatable bonds is 5. The van der Waals surface area contributed by atoms with Gasteiger partial charge in [0.15, 0.2) is 0 Å². The van der Waals surface area contributed by atoms with E-state index in [1.54, 1.807) is 0 Å². The first-order valence-corrected chi connectivity index (χ1v) is 7.61. The average molecular weight is 282 g/mol. The molecule has 20 heavy (non-hydrogen) atoms. The average Bonchev–Trinajstić information content (AvgIpc) is 2.50. The molecule has 2 rings (SSSR count). The molecule has 5 heteroatoms. The fourth-order valence-corrected chi connectivity index (χ4v) is 4.39. The van der Waals surface area contributed by atoms with E-state index < -0.39 is 7.14 Å². The molecule has 0 unspecified atom stereocenters. The van der Waals surface area contributed by atoms with Crippen LogP contribution in [0.4, 0.5) is 0 Å². The molecule has 2 aromatic rings. The maximum absolute atomic E-state index is 13.5. The molecule has 0 saturated heterocycles. The summed E-state index contributed by atoms with van der Waals surface area (Å²) in [6.45, 7) is 0. The first-order valence-electron chi connectivity index (χ1n) is 5.90. The molecular weight excluding hydrogens is 266 g/mol. The summed E-state index contributed by atoms with van der Waals surface area (Å²) in [6.07, 6.45) is 0. The van der Waals surface area contributed by atoms with Crippen LogP contribution < -0.4 is 29.5 Å². The smallest absolute Gasteiger partial charge is 0.515 e. The van der Waals surface area contributed by atoms with Crippen LogP contribution in [0, 0.1) is 6.03 Å². The molecule has 0 heterocycles. The number of benzene rings is 2. The van der Waals surface area contributed by atoms with Gasteiger partial charge in [-0.1, -0.05) is 60.7 Å². The second-order valence-corrected chi connectivity index (χ2v) is 6.57. The van der Waals surface area contributed by atoms with Crippen molar-refractivity contribution in [2.75, 3.05) is 14.2 Å². The monoisotopic (exact) mass is 282 g/mol. The van der Waals surface area contributed by atoms with Gasteiger partial charge in [-0.3, -0.25) is 0 Å². The van der Waals surface area contributed by atoms with Crippen molar-refractivity contribution in [3.63, 3.8) is 0 Å². The fourth-order valence-electron chi connectivity index (χ4n) is 1.98. The van der Waals surface area contributed by atoms with Crippen LogP contribution in [0.15, 0.2) is 60.7 Å². The molecule has 0 aromatic heterocycles. The van der Waals surface area contributed by atoms with Gasteiger partial charge in [-0.25, -0.2) is 0 Å². The second-order valence-electron chi connectivity index (χ2n) is 3.95. The van der Waals surface area contributed by atoms with Gasteiger partial charge in [0.1, 0.15) is 0 Å². The van der Waals surface area contributed by atoms with Crippen LogP contribution in [0.3, 0.4) is 0 Å². The van der Waals surface area contributed by atoms with Gasteiger partial charge in [-0.15, -0.1) is 0 Å². The minimum Gasteiger partial charge on any atom is -0.515 e. The molecule has 0 aliphatic rings. The van der Waals surface area contributed by atoms with E-state index >= 15 is 0 Å². The molecular formula is C15H16LiO3P. The molecule has 0 aliphatic carbocycles. The quantitative estimate of drug-likeness (QED) is 0.431. The van der Waals surface area contributed by atoms with Gasteiger partial charge < -0.3 is 14.0 Å². The van der Waals surface area contributed by atoms with Gasteiger partial charge >= 0.3 is 18.9 Å². The molecule has 0 radical (unpaired) electrons. The third kappa shape index (κ3) is 3.26. The molecule has 0 amide bonds. The van der Waals surface area contributed by atoms with Gasteiger partial charge in [0.2, 0.25) is 0 Å². The van der Waals surface area contributed by atoms with E-state index in [1.807, 2.05) is 60.7 Å². The molecule has 0 fully saturated rings. The predicted molar refractivity (Wildman–Crippen MR) is 77.0 cm³/mol. The second kappa shape index (κ2) is 7.83. The summed E-state index contributed by atoms with van der Waals surface area (Å²) in [5, 5.41) is 1.39. The molecule has 100 valence electrons. The summed E-state index contributed by atoms with van der Waals surface area (Å²) in [6, 6.07) is 18.6. The third-order valence-electron chi connectivity index (χ3n) is 2.85. The van der Waals surface area contributed by atoms with Crippen molar-refractivity contribution in [2.24, 2.45) is 0 Å². The molecule has 2 aromatic carbocycles. The van der Waals surface area contributed by atoms with Crippen LogP contribution in [0.1, 0.15) is 0 Å². The summed E-state index contributed by atoms with van der Waals surface area (Å²) in [4.78, 5) is 0. The zero-order valence-corrected chi connectivity index (χ0v) is 12.8. The van der Waals surface area contributed by atoms with E-state index in [2.05, 4.69) is 0 Å². The summed E-state index contributed by atoms with van der Waals surface area (Å²) in [5.74, 6) is 0. The largest absolute Gasteiger partial charge is 1.00 e. The Kier molecular flexibility index (Phi) is 6.75. The summed E-state index contributed by atoms with van der Waals surface area (Å²) in [5.41, 5.74) is 0. The third-order valence-corrected chi connectivity index (χ3v) is 5.78.